The van der Waals surface area contributed by atoms with Gasteiger partial charge in [-0.25, -0.2) is 9.97 Å². The zero-order valence-corrected chi connectivity index (χ0v) is 22.9. The SMILES string of the molecule is CCn1nnc([C@H]2O[C@@H](n3cnc4c(NCCC(C)(C)C)nc(NCCc5cn(C)cn5)nc43)[C@H](O)[C@@H]2O)n1. The van der Waals surface area contributed by atoms with E-state index in [9.17, 15) is 10.2 Å². The number of ether oxygens (including phenoxy) is 1. The van der Waals surface area contributed by atoms with Crippen molar-refractivity contribution in [1.29, 1.82) is 0 Å². The second-order valence-electron chi connectivity index (χ2n) is 10.9. The van der Waals surface area contributed by atoms with Crippen LogP contribution in [0.5, 0.6) is 0 Å². The highest BCUT2D eigenvalue weighted by molar-refractivity contribution is 5.84. The first kappa shape index (κ1) is 26.9. The summed E-state index contributed by atoms with van der Waals surface area (Å²) >= 11 is 0. The molecule has 39 heavy (non-hydrogen) atoms. The fourth-order valence-electron chi connectivity index (χ4n) is 4.37. The van der Waals surface area contributed by atoms with Gasteiger partial charge < -0.3 is 30.2 Å². The van der Waals surface area contributed by atoms with Crippen LogP contribution in [0.25, 0.3) is 11.2 Å². The lowest BCUT2D eigenvalue weighted by molar-refractivity contribution is -0.0384. The molecule has 0 saturated carbocycles. The molecule has 0 unspecified atom stereocenters. The average Bonchev–Trinajstić information content (AvgIpc) is 3.67. The Labute approximate surface area is 225 Å². The Morgan fingerprint density at radius 1 is 1.05 bits per heavy atom. The predicted molar refractivity (Wildman–Crippen MR) is 142 cm³/mol. The van der Waals surface area contributed by atoms with E-state index in [4.69, 9.17) is 9.72 Å². The summed E-state index contributed by atoms with van der Waals surface area (Å²) in [6.45, 7) is 10.2. The van der Waals surface area contributed by atoms with Gasteiger partial charge in [-0.3, -0.25) is 4.57 Å². The van der Waals surface area contributed by atoms with E-state index in [1.165, 1.54) is 11.1 Å². The third-order valence-electron chi connectivity index (χ3n) is 6.53. The first-order chi connectivity index (χ1) is 18.6. The summed E-state index contributed by atoms with van der Waals surface area (Å²) in [6, 6.07) is 0. The van der Waals surface area contributed by atoms with Crippen LogP contribution in [-0.4, -0.2) is 84.8 Å². The highest BCUT2D eigenvalue weighted by Crippen LogP contribution is 2.39. The molecule has 5 rings (SSSR count). The molecular formula is C24H36N12O3. The van der Waals surface area contributed by atoms with Crippen molar-refractivity contribution < 1.29 is 14.9 Å². The van der Waals surface area contributed by atoms with Gasteiger partial charge >= 0.3 is 0 Å². The average molecular weight is 541 g/mol. The van der Waals surface area contributed by atoms with Crippen molar-refractivity contribution in [1.82, 2.24) is 49.3 Å². The number of nitrogens with zero attached hydrogens (tertiary/aromatic N) is 10. The Balaban J connectivity index is 1.42. The first-order valence-electron chi connectivity index (χ1n) is 13.1. The third kappa shape index (κ3) is 5.84. The van der Waals surface area contributed by atoms with Crippen LogP contribution in [0.4, 0.5) is 11.8 Å². The number of aliphatic hydroxyl groups is 2. The number of aryl methyl sites for hydroxylation is 2. The van der Waals surface area contributed by atoms with Crippen molar-refractivity contribution in [3.63, 3.8) is 0 Å². The normalized spacial score (nSPS) is 21.6. The van der Waals surface area contributed by atoms with E-state index in [0.717, 1.165) is 12.1 Å². The van der Waals surface area contributed by atoms with Gasteiger partial charge in [0, 0.05) is 32.8 Å². The Kier molecular flexibility index (Phi) is 7.46. The minimum absolute atomic E-state index is 0.142. The number of anilines is 2. The van der Waals surface area contributed by atoms with Gasteiger partial charge in [0.05, 0.1) is 24.9 Å². The molecule has 0 amide bonds. The molecule has 0 radical (unpaired) electrons. The summed E-state index contributed by atoms with van der Waals surface area (Å²) in [7, 11) is 1.93. The molecule has 210 valence electrons. The van der Waals surface area contributed by atoms with Gasteiger partial charge in [-0.15, -0.1) is 10.2 Å². The topological polar surface area (TPSA) is 179 Å². The zero-order chi connectivity index (χ0) is 27.7. The van der Waals surface area contributed by atoms with E-state index in [1.807, 2.05) is 24.7 Å². The van der Waals surface area contributed by atoms with Crippen LogP contribution in [0.3, 0.4) is 0 Å². The van der Waals surface area contributed by atoms with Crippen molar-refractivity contribution in [3.05, 3.63) is 30.4 Å². The Morgan fingerprint density at radius 3 is 2.56 bits per heavy atom. The van der Waals surface area contributed by atoms with Gasteiger partial charge in [0.15, 0.2) is 29.3 Å². The van der Waals surface area contributed by atoms with Gasteiger partial charge in [0.25, 0.3) is 0 Å². The Hall–Kier alpha value is -3.69. The highest BCUT2D eigenvalue weighted by Gasteiger charge is 2.47. The maximum atomic E-state index is 10.9. The predicted octanol–water partition coefficient (Wildman–Crippen LogP) is 1.06. The van der Waals surface area contributed by atoms with Crippen molar-refractivity contribution in [3.8, 4) is 0 Å². The van der Waals surface area contributed by atoms with Gasteiger partial charge in [-0.05, 0) is 24.0 Å². The maximum absolute atomic E-state index is 10.9. The second kappa shape index (κ2) is 10.8. The van der Waals surface area contributed by atoms with Crippen LogP contribution in [0, 0.1) is 5.41 Å². The fraction of sp³-hybridized carbons (Fsp3) is 0.625. The minimum atomic E-state index is -1.27. The number of imidazole rings is 2. The molecule has 4 aromatic rings. The molecule has 5 heterocycles. The fourth-order valence-corrected chi connectivity index (χ4v) is 4.37. The van der Waals surface area contributed by atoms with Gasteiger partial charge in [0.1, 0.15) is 12.2 Å². The van der Waals surface area contributed by atoms with E-state index in [2.05, 4.69) is 61.8 Å². The van der Waals surface area contributed by atoms with E-state index in [0.29, 0.717) is 49.0 Å². The molecule has 4 aromatic heterocycles. The van der Waals surface area contributed by atoms with Crippen LogP contribution >= 0.6 is 0 Å². The van der Waals surface area contributed by atoms with E-state index in [1.54, 1.807) is 10.9 Å². The zero-order valence-electron chi connectivity index (χ0n) is 22.9. The summed E-state index contributed by atoms with van der Waals surface area (Å²) < 4.78 is 9.57. The van der Waals surface area contributed by atoms with E-state index in [-0.39, 0.29) is 11.2 Å². The molecule has 1 saturated heterocycles. The van der Waals surface area contributed by atoms with Crippen molar-refractivity contribution in [2.75, 3.05) is 23.7 Å². The van der Waals surface area contributed by atoms with E-state index < -0.39 is 24.5 Å². The lowest BCUT2D eigenvalue weighted by Crippen LogP contribution is -2.29. The quantitative estimate of drug-likeness (QED) is 0.225. The van der Waals surface area contributed by atoms with Crippen molar-refractivity contribution in [2.24, 2.45) is 12.5 Å². The number of nitrogens with one attached hydrogen (secondary N) is 2. The summed E-state index contributed by atoms with van der Waals surface area (Å²) in [5.41, 5.74) is 2.08. The number of tetrazole rings is 1. The Morgan fingerprint density at radius 2 is 1.87 bits per heavy atom. The van der Waals surface area contributed by atoms with Crippen LogP contribution in [0.1, 0.15) is 58.0 Å². The molecule has 0 aromatic carbocycles. The molecule has 0 aliphatic carbocycles. The number of hydrogen-bond donors (Lipinski definition) is 4. The summed E-state index contributed by atoms with van der Waals surface area (Å²) in [5.74, 6) is 1.17. The minimum Gasteiger partial charge on any atom is -0.387 e. The lowest BCUT2D eigenvalue weighted by Gasteiger charge is -2.19. The molecular weight excluding hydrogens is 504 g/mol. The molecule has 0 bridgehead atoms. The van der Waals surface area contributed by atoms with E-state index >= 15 is 0 Å². The monoisotopic (exact) mass is 540 g/mol. The molecule has 15 nitrogen and oxygen atoms in total. The van der Waals surface area contributed by atoms with Crippen molar-refractivity contribution in [2.45, 2.75) is 71.6 Å². The number of rotatable bonds is 10. The molecule has 1 aliphatic rings. The molecule has 4 N–H and O–H groups in total. The lowest BCUT2D eigenvalue weighted by atomic mass is 9.92. The highest BCUT2D eigenvalue weighted by atomic mass is 16.6. The summed E-state index contributed by atoms with van der Waals surface area (Å²) in [6.07, 6.45) is 2.43. The summed E-state index contributed by atoms with van der Waals surface area (Å²) in [5, 5.41) is 40.5. The number of aromatic nitrogens is 10. The van der Waals surface area contributed by atoms with Crippen LogP contribution in [0.15, 0.2) is 18.9 Å². The molecule has 15 heteroatoms. The maximum Gasteiger partial charge on any atom is 0.226 e. The molecule has 0 spiro atoms. The number of hydrogen-bond acceptors (Lipinski definition) is 12. The first-order valence-corrected chi connectivity index (χ1v) is 13.1. The third-order valence-corrected chi connectivity index (χ3v) is 6.53. The summed E-state index contributed by atoms with van der Waals surface area (Å²) in [4.78, 5) is 19.7. The number of aliphatic hydroxyl groups excluding tert-OH is 2. The van der Waals surface area contributed by atoms with Crippen molar-refractivity contribution >= 4 is 22.9 Å². The molecule has 1 fully saturated rings. The van der Waals surface area contributed by atoms with Crippen LogP contribution < -0.4 is 10.6 Å². The molecule has 1 aliphatic heterocycles. The smallest absolute Gasteiger partial charge is 0.226 e. The van der Waals surface area contributed by atoms with Crippen LogP contribution in [0.2, 0.25) is 0 Å². The Bertz CT molecular complexity index is 1410. The van der Waals surface area contributed by atoms with Gasteiger partial charge in [0.2, 0.25) is 11.8 Å². The second-order valence-corrected chi connectivity index (χ2v) is 10.9. The molecule has 4 atom stereocenters. The van der Waals surface area contributed by atoms with Gasteiger partial charge in [-0.2, -0.15) is 14.8 Å². The van der Waals surface area contributed by atoms with Crippen LogP contribution in [-0.2, 0) is 24.8 Å². The number of fused-ring (bicyclic) bond motifs is 1. The largest absolute Gasteiger partial charge is 0.387 e. The standard InChI is InChI=1S/C24H36N12O3/c1-6-36-32-20(31-33-36)18-16(37)17(38)22(39-18)35-13-28-15-19(25-10-8-24(2,3)4)29-23(30-21(15)35)26-9-7-14-11-34(5)12-27-14/h11-13,16-18,22,37-38H,6-10H2,1-5H3,(H2,25,26,29,30)/t16-,17+,18-,22+/m0/s1. The van der Waals surface area contributed by atoms with Gasteiger partial charge in [-0.1, -0.05) is 20.8 Å².